The highest BCUT2D eigenvalue weighted by molar-refractivity contribution is 7.23. The third kappa shape index (κ3) is 9.57. The molecule has 54 heavy (non-hydrogen) atoms. The maximum atomic E-state index is 13.5. The summed E-state index contributed by atoms with van der Waals surface area (Å²) in [4.78, 5) is 34.3. The summed E-state index contributed by atoms with van der Waals surface area (Å²) in [5, 5.41) is 5.26. The number of thiazole rings is 1. The molecule has 0 spiro atoms. The van der Waals surface area contributed by atoms with E-state index in [2.05, 4.69) is 15.5 Å². The number of amides is 2. The van der Waals surface area contributed by atoms with Crippen molar-refractivity contribution in [3.63, 3.8) is 0 Å². The lowest BCUT2D eigenvalue weighted by Crippen LogP contribution is -2.45. The molecule has 1 unspecified atom stereocenters. The van der Waals surface area contributed by atoms with Crippen LogP contribution in [0.1, 0.15) is 28.7 Å². The van der Waals surface area contributed by atoms with E-state index in [0.29, 0.717) is 35.7 Å². The third-order valence-electron chi connectivity index (χ3n) is 8.48. The Morgan fingerprint density at radius 2 is 1.56 bits per heavy atom. The predicted octanol–water partition coefficient (Wildman–Crippen LogP) is 8.49. The standard InChI is InChI=1S/C39H35F6N5O3S/c1-49(2)15-6-16-53-30-13-14-34-33(22-30)50-23-32(48-37(50)54-34)26-9-11-29(12-10-26)46-36(52)31(19-24-7-4-3-5-8-24)47-35(51)20-25-17-27(38(40,41)42)21-28(18-25)39(43,44)45/h3-5,7-14,17-18,21-23,31H,6,15-16,19-20H2,1-2H3,(H,46,52)(H,47,51). The van der Waals surface area contributed by atoms with Crippen molar-refractivity contribution in [3.05, 3.63) is 119 Å². The molecule has 0 aliphatic carbocycles. The number of nitrogens with one attached hydrogen (secondary N) is 2. The highest BCUT2D eigenvalue weighted by atomic mass is 32.1. The Kier molecular flexibility index (Phi) is 11.3. The van der Waals surface area contributed by atoms with E-state index in [1.807, 2.05) is 42.9 Å². The van der Waals surface area contributed by atoms with Crippen molar-refractivity contribution in [1.29, 1.82) is 0 Å². The molecule has 0 saturated carbocycles. The predicted molar refractivity (Wildman–Crippen MR) is 196 cm³/mol. The average molecular weight is 768 g/mol. The molecular formula is C39H35F6N5O3S. The molecule has 2 heterocycles. The third-order valence-corrected chi connectivity index (χ3v) is 9.51. The number of imidazole rings is 1. The van der Waals surface area contributed by atoms with Crippen LogP contribution in [0.15, 0.2) is 97.2 Å². The minimum atomic E-state index is -5.06. The molecule has 2 aromatic heterocycles. The first kappa shape index (κ1) is 38.3. The van der Waals surface area contributed by atoms with E-state index >= 15 is 0 Å². The molecule has 8 nitrogen and oxygen atoms in total. The highest BCUT2D eigenvalue weighted by Gasteiger charge is 2.37. The van der Waals surface area contributed by atoms with Crippen molar-refractivity contribution in [3.8, 4) is 17.0 Å². The van der Waals surface area contributed by atoms with Gasteiger partial charge < -0.3 is 20.3 Å². The number of carbonyl (C=O) groups excluding carboxylic acids is 2. The number of ether oxygens (including phenoxy) is 1. The fourth-order valence-corrected chi connectivity index (χ4v) is 6.83. The van der Waals surface area contributed by atoms with Gasteiger partial charge in [-0.05, 0) is 74.1 Å². The van der Waals surface area contributed by atoms with Gasteiger partial charge in [0.25, 0.3) is 0 Å². The molecule has 1 atom stereocenters. The number of aromatic nitrogens is 2. The molecule has 0 aliphatic heterocycles. The molecule has 282 valence electrons. The van der Waals surface area contributed by atoms with E-state index in [0.717, 1.165) is 39.5 Å². The van der Waals surface area contributed by atoms with Gasteiger partial charge in [0, 0.05) is 36.5 Å². The lowest BCUT2D eigenvalue weighted by molar-refractivity contribution is -0.143. The number of carbonyl (C=O) groups is 2. The van der Waals surface area contributed by atoms with Crippen LogP contribution in [0.5, 0.6) is 5.75 Å². The smallest absolute Gasteiger partial charge is 0.416 e. The lowest BCUT2D eigenvalue weighted by Gasteiger charge is -2.19. The molecule has 15 heteroatoms. The second-order valence-corrected chi connectivity index (χ2v) is 14.0. The van der Waals surface area contributed by atoms with Crippen LogP contribution in [0.3, 0.4) is 0 Å². The van der Waals surface area contributed by atoms with Gasteiger partial charge in [0.15, 0.2) is 4.96 Å². The fraction of sp³-hybridized carbons (Fsp3) is 0.256. The largest absolute Gasteiger partial charge is 0.493 e. The fourth-order valence-electron chi connectivity index (χ4n) is 5.84. The van der Waals surface area contributed by atoms with Gasteiger partial charge in [-0.2, -0.15) is 26.3 Å². The maximum Gasteiger partial charge on any atom is 0.416 e. The van der Waals surface area contributed by atoms with Crippen LogP contribution >= 0.6 is 11.3 Å². The minimum absolute atomic E-state index is 0.00385. The van der Waals surface area contributed by atoms with Gasteiger partial charge in [0.2, 0.25) is 11.8 Å². The van der Waals surface area contributed by atoms with Crippen molar-refractivity contribution >= 4 is 44.0 Å². The van der Waals surface area contributed by atoms with Crippen LogP contribution in [0.25, 0.3) is 26.4 Å². The first-order valence-electron chi connectivity index (χ1n) is 16.8. The first-order valence-corrected chi connectivity index (χ1v) is 17.7. The van der Waals surface area contributed by atoms with Gasteiger partial charge in [0.05, 0.1) is 40.1 Å². The Morgan fingerprint density at radius 3 is 2.20 bits per heavy atom. The monoisotopic (exact) mass is 767 g/mol. The average Bonchev–Trinajstić information content (AvgIpc) is 3.68. The number of rotatable bonds is 13. The summed E-state index contributed by atoms with van der Waals surface area (Å²) >= 11 is 1.54. The van der Waals surface area contributed by atoms with E-state index in [1.165, 1.54) is 0 Å². The number of benzene rings is 4. The van der Waals surface area contributed by atoms with E-state index < -0.39 is 53.3 Å². The molecule has 4 aromatic carbocycles. The van der Waals surface area contributed by atoms with Crippen LogP contribution in [0, 0.1) is 0 Å². The van der Waals surface area contributed by atoms with Crippen LogP contribution < -0.4 is 15.4 Å². The Balaban J connectivity index is 1.16. The van der Waals surface area contributed by atoms with Gasteiger partial charge in [-0.25, -0.2) is 4.98 Å². The van der Waals surface area contributed by atoms with Crippen molar-refractivity contribution in [2.24, 2.45) is 0 Å². The molecule has 0 bridgehead atoms. The molecule has 6 aromatic rings. The SMILES string of the molecule is CN(C)CCCOc1ccc2sc3nc(-c4ccc(NC(=O)C(Cc5ccccc5)NC(=O)Cc5cc(C(F)(F)F)cc(C(F)(F)F)c5)cc4)cn3c2c1. The number of halogens is 6. The Labute approximate surface area is 310 Å². The maximum absolute atomic E-state index is 13.5. The Morgan fingerprint density at radius 1 is 0.870 bits per heavy atom. The minimum Gasteiger partial charge on any atom is -0.493 e. The molecular weight excluding hydrogens is 733 g/mol. The van der Waals surface area contributed by atoms with Crippen molar-refractivity contribution in [2.45, 2.75) is 37.7 Å². The zero-order chi connectivity index (χ0) is 38.6. The Bertz CT molecular complexity index is 2220. The number of fused-ring (bicyclic) bond motifs is 3. The number of anilines is 1. The molecule has 0 aliphatic rings. The first-order chi connectivity index (χ1) is 25.6. The van der Waals surface area contributed by atoms with Crippen LogP contribution in [-0.2, 0) is 34.8 Å². The molecule has 2 N–H and O–H groups in total. The summed E-state index contributed by atoms with van der Waals surface area (Å²) in [7, 11) is 4.03. The summed E-state index contributed by atoms with van der Waals surface area (Å²) in [5.74, 6) is -0.790. The topological polar surface area (TPSA) is 88.0 Å². The van der Waals surface area contributed by atoms with Gasteiger partial charge in [-0.3, -0.25) is 14.0 Å². The van der Waals surface area contributed by atoms with E-state index in [1.54, 1.807) is 65.9 Å². The second kappa shape index (κ2) is 15.9. The second-order valence-electron chi connectivity index (χ2n) is 13.0. The van der Waals surface area contributed by atoms with E-state index in [4.69, 9.17) is 9.72 Å². The molecule has 0 fully saturated rings. The summed E-state index contributed by atoms with van der Waals surface area (Å²) in [6.07, 6.45) is -8.12. The zero-order valence-electron chi connectivity index (χ0n) is 29.1. The van der Waals surface area contributed by atoms with Crippen molar-refractivity contribution < 1.29 is 40.7 Å². The van der Waals surface area contributed by atoms with E-state index in [9.17, 15) is 35.9 Å². The van der Waals surface area contributed by atoms with Gasteiger partial charge in [-0.15, -0.1) is 0 Å². The molecule has 2 amide bonds. The summed E-state index contributed by atoms with van der Waals surface area (Å²) in [5.41, 5.74) is -0.0537. The zero-order valence-corrected chi connectivity index (χ0v) is 29.9. The summed E-state index contributed by atoms with van der Waals surface area (Å²) in [6.45, 7) is 1.52. The highest BCUT2D eigenvalue weighted by Crippen LogP contribution is 2.37. The van der Waals surface area contributed by atoms with Crippen LogP contribution in [0.2, 0.25) is 0 Å². The van der Waals surface area contributed by atoms with Gasteiger partial charge in [-0.1, -0.05) is 53.8 Å². The van der Waals surface area contributed by atoms with Crippen LogP contribution in [-0.4, -0.2) is 59.4 Å². The number of hydrogen-bond acceptors (Lipinski definition) is 6. The van der Waals surface area contributed by atoms with E-state index in [-0.39, 0.29) is 12.5 Å². The van der Waals surface area contributed by atoms with Crippen molar-refractivity contribution in [2.75, 3.05) is 32.6 Å². The molecule has 0 saturated heterocycles. The van der Waals surface area contributed by atoms with Gasteiger partial charge >= 0.3 is 12.4 Å². The Hall–Kier alpha value is -5.41. The lowest BCUT2D eigenvalue weighted by atomic mass is 10.0. The normalized spacial score (nSPS) is 12.7. The number of hydrogen-bond donors (Lipinski definition) is 2. The van der Waals surface area contributed by atoms with Crippen LogP contribution in [0.4, 0.5) is 32.0 Å². The quantitative estimate of drug-likeness (QED) is 0.0910. The number of nitrogens with zero attached hydrogens (tertiary/aromatic N) is 3. The number of alkyl halides is 6. The molecule has 6 rings (SSSR count). The summed E-state index contributed by atoms with van der Waals surface area (Å²) in [6, 6.07) is 21.3. The van der Waals surface area contributed by atoms with Gasteiger partial charge in [0.1, 0.15) is 11.8 Å². The molecule has 0 radical (unpaired) electrons. The summed E-state index contributed by atoms with van der Waals surface area (Å²) < 4.78 is 89.4. The van der Waals surface area contributed by atoms with Crippen molar-refractivity contribution in [1.82, 2.24) is 19.6 Å².